The lowest BCUT2D eigenvalue weighted by Gasteiger charge is -2.36. The van der Waals surface area contributed by atoms with E-state index < -0.39 is 0 Å². The molecule has 1 fully saturated rings. The lowest BCUT2D eigenvalue weighted by atomic mass is 10.2. The Hall–Kier alpha value is -1.98. The molecule has 0 saturated carbocycles. The Labute approximate surface area is 148 Å². The summed E-state index contributed by atoms with van der Waals surface area (Å²) in [5.74, 6) is -0.182. The molecule has 24 heavy (non-hydrogen) atoms. The van der Waals surface area contributed by atoms with Crippen LogP contribution in [-0.4, -0.2) is 41.1 Å². The third-order valence-corrected chi connectivity index (χ3v) is 4.67. The molecule has 3 nitrogen and oxygen atoms in total. The van der Waals surface area contributed by atoms with Crippen molar-refractivity contribution in [1.29, 1.82) is 0 Å². The maximum Gasteiger partial charge on any atom is 0.169 e. The molecule has 1 saturated heterocycles. The van der Waals surface area contributed by atoms with E-state index in [1.165, 1.54) is 17.7 Å². The number of piperazine rings is 1. The van der Waals surface area contributed by atoms with Gasteiger partial charge in [0.1, 0.15) is 5.82 Å². The third kappa shape index (κ3) is 4.76. The van der Waals surface area contributed by atoms with Crippen molar-refractivity contribution in [2.24, 2.45) is 0 Å². The Morgan fingerprint density at radius 1 is 0.917 bits per heavy atom. The van der Waals surface area contributed by atoms with Crippen LogP contribution >= 0.6 is 12.2 Å². The van der Waals surface area contributed by atoms with Gasteiger partial charge < -0.3 is 10.2 Å². The van der Waals surface area contributed by atoms with Crippen molar-refractivity contribution in [3.8, 4) is 0 Å². The molecule has 0 bridgehead atoms. The summed E-state index contributed by atoms with van der Waals surface area (Å²) in [4.78, 5) is 4.60. The lowest BCUT2D eigenvalue weighted by molar-refractivity contribution is 0.174. The summed E-state index contributed by atoms with van der Waals surface area (Å²) < 4.78 is 13.0. The van der Waals surface area contributed by atoms with E-state index in [-0.39, 0.29) is 5.82 Å². The molecule has 0 radical (unpaired) electrons. The standard InChI is InChI=1S/C19H22FN3S/c20-18-8-6-17(7-9-18)15-22-10-12-23(13-11-22)19(24)21-14-16-4-2-1-3-5-16/h1-9H,10-15H2,(H,21,24). The van der Waals surface area contributed by atoms with Crippen LogP contribution in [0.2, 0.25) is 0 Å². The van der Waals surface area contributed by atoms with Crippen molar-refractivity contribution in [3.63, 3.8) is 0 Å². The van der Waals surface area contributed by atoms with Crippen molar-refractivity contribution in [2.75, 3.05) is 26.2 Å². The number of nitrogens with zero attached hydrogens (tertiary/aromatic N) is 2. The highest BCUT2D eigenvalue weighted by atomic mass is 32.1. The highest BCUT2D eigenvalue weighted by molar-refractivity contribution is 7.80. The van der Waals surface area contributed by atoms with Crippen molar-refractivity contribution in [2.45, 2.75) is 13.1 Å². The Morgan fingerprint density at radius 3 is 2.25 bits per heavy atom. The zero-order valence-corrected chi connectivity index (χ0v) is 14.4. The predicted octanol–water partition coefficient (Wildman–Crippen LogP) is 3.02. The molecule has 0 aromatic heterocycles. The molecule has 2 aromatic carbocycles. The average molecular weight is 343 g/mol. The van der Waals surface area contributed by atoms with Crippen LogP contribution in [0.4, 0.5) is 4.39 Å². The number of halogens is 1. The molecule has 1 aliphatic heterocycles. The summed E-state index contributed by atoms with van der Waals surface area (Å²) in [6.45, 7) is 5.38. The van der Waals surface area contributed by atoms with Gasteiger partial charge in [0.05, 0.1) is 0 Å². The topological polar surface area (TPSA) is 18.5 Å². The van der Waals surface area contributed by atoms with Crippen molar-refractivity contribution in [1.82, 2.24) is 15.1 Å². The van der Waals surface area contributed by atoms with Crippen LogP contribution in [0.5, 0.6) is 0 Å². The van der Waals surface area contributed by atoms with E-state index in [9.17, 15) is 4.39 Å². The monoisotopic (exact) mass is 343 g/mol. The van der Waals surface area contributed by atoms with E-state index in [1.807, 2.05) is 30.3 Å². The maximum atomic E-state index is 13.0. The number of thiocarbonyl (C=S) groups is 1. The van der Waals surface area contributed by atoms with Crippen LogP contribution < -0.4 is 5.32 Å². The minimum atomic E-state index is -0.182. The van der Waals surface area contributed by atoms with Crippen LogP contribution in [0.15, 0.2) is 54.6 Å². The van der Waals surface area contributed by atoms with Gasteiger partial charge in [-0.2, -0.15) is 0 Å². The molecular weight excluding hydrogens is 321 g/mol. The fourth-order valence-corrected chi connectivity index (χ4v) is 3.10. The number of hydrogen-bond donors (Lipinski definition) is 1. The molecule has 1 aliphatic rings. The molecule has 126 valence electrons. The summed E-state index contributed by atoms with van der Waals surface area (Å²) in [5, 5.41) is 4.16. The largest absolute Gasteiger partial charge is 0.358 e. The van der Waals surface area contributed by atoms with Gasteiger partial charge in [-0.1, -0.05) is 42.5 Å². The van der Waals surface area contributed by atoms with Crippen LogP contribution in [0, 0.1) is 5.82 Å². The second-order valence-electron chi connectivity index (χ2n) is 6.03. The van der Waals surface area contributed by atoms with Gasteiger partial charge >= 0.3 is 0 Å². The van der Waals surface area contributed by atoms with Crippen LogP contribution in [0.3, 0.4) is 0 Å². The Kier molecular flexibility index (Phi) is 5.77. The van der Waals surface area contributed by atoms with Gasteiger partial charge in [-0.25, -0.2) is 4.39 Å². The smallest absolute Gasteiger partial charge is 0.169 e. The quantitative estimate of drug-likeness (QED) is 0.860. The summed E-state index contributed by atoms with van der Waals surface area (Å²) in [6, 6.07) is 17.0. The molecule has 0 unspecified atom stereocenters. The van der Waals surface area contributed by atoms with Crippen molar-refractivity contribution >= 4 is 17.3 Å². The van der Waals surface area contributed by atoms with Crippen LogP contribution in [0.25, 0.3) is 0 Å². The molecular formula is C19H22FN3S. The second-order valence-corrected chi connectivity index (χ2v) is 6.42. The van der Waals surface area contributed by atoms with Gasteiger partial charge in [0.15, 0.2) is 5.11 Å². The van der Waals surface area contributed by atoms with Crippen molar-refractivity contribution < 1.29 is 4.39 Å². The van der Waals surface area contributed by atoms with Crippen LogP contribution in [0.1, 0.15) is 11.1 Å². The fraction of sp³-hybridized carbons (Fsp3) is 0.316. The highest BCUT2D eigenvalue weighted by Crippen LogP contribution is 2.10. The first kappa shape index (κ1) is 16.9. The fourth-order valence-electron chi connectivity index (χ4n) is 2.84. The minimum Gasteiger partial charge on any atom is -0.358 e. The molecule has 2 aromatic rings. The van der Waals surface area contributed by atoms with E-state index in [0.717, 1.165) is 49.9 Å². The first-order chi connectivity index (χ1) is 11.7. The van der Waals surface area contributed by atoms with E-state index >= 15 is 0 Å². The minimum absolute atomic E-state index is 0.182. The zero-order valence-electron chi connectivity index (χ0n) is 13.6. The first-order valence-electron chi connectivity index (χ1n) is 8.24. The summed E-state index contributed by atoms with van der Waals surface area (Å²) in [5.41, 5.74) is 2.38. The van der Waals surface area contributed by atoms with Gasteiger partial charge in [-0.15, -0.1) is 0 Å². The second kappa shape index (κ2) is 8.22. The maximum absolute atomic E-state index is 13.0. The van der Waals surface area contributed by atoms with Gasteiger partial charge in [0, 0.05) is 39.3 Å². The Balaban J connectivity index is 1.42. The Bertz CT molecular complexity index is 652. The SMILES string of the molecule is Fc1ccc(CN2CCN(C(=S)NCc3ccccc3)CC2)cc1. The predicted molar refractivity (Wildman–Crippen MR) is 99.1 cm³/mol. The lowest BCUT2D eigenvalue weighted by Crippen LogP contribution is -2.51. The normalized spacial score (nSPS) is 15.3. The van der Waals surface area contributed by atoms with Gasteiger partial charge in [0.25, 0.3) is 0 Å². The zero-order chi connectivity index (χ0) is 16.8. The summed E-state index contributed by atoms with van der Waals surface area (Å²) >= 11 is 5.51. The molecule has 5 heteroatoms. The number of hydrogen-bond acceptors (Lipinski definition) is 2. The van der Waals surface area contributed by atoms with E-state index in [1.54, 1.807) is 0 Å². The molecule has 1 heterocycles. The first-order valence-corrected chi connectivity index (χ1v) is 8.65. The van der Waals surface area contributed by atoms with E-state index in [0.29, 0.717) is 0 Å². The average Bonchev–Trinajstić information content (AvgIpc) is 2.63. The van der Waals surface area contributed by atoms with E-state index in [2.05, 4.69) is 27.2 Å². The molecule has 0 amide bonds. The van der Waals surface area contributed by atoms with Gasteiger partial charge in [-0.05, 0) is 35.5 Å². The summed E-state index contributed by atoms with van der Waals surface area (Å²) in [6.07, 6.45) is 0. The van der Waals surface area contributed by atoms with Gasteiger partial charge in [-0.3, -0.25) is 4.90 Å². The molecule has 0 atom stereocenters. The molecule has 0 aliphatic carbocycles. The van der Waals surface area contributed by atoms with Gasteiger partial charge in [0.2, 0.25) is 0 Å². The molecule has 0 spiro atoms. The number of rotatable bonds is 4. The number of benzene rings is 2. The summed E-state index contributed by atoms with van der Waals surface area (Å²) in [7, 11) is 0. The van der Waals surface area contributed by atoms with E-state index in [4.69, 9.17) is 12.2 Å². The highest BCUT2D eigenvalue weighted by Gasteiger charge is 2.18. The van der Waals surface area contributed by atoms with Crippen molar-refractivity contribution in [3.05, 3.63) is 71.5 Å². The molecule has 1 N–H and O–H groups in total. The van der Waals surface area contributed by atoms with Crippen LogP contribution in [-0.2, 0) is 13.1 Å². The molecule has 3 rings (SSSR count). The Morgan fingerprint density at radius 2 is 1.58 bits per heavy atom. The number of nitrogens with one attached hydrogen (secondary N) is 1. The third-order valence-electron chi connectivity index (χ3n) is 4.27.